The molecule has 0 aliphatic rings. The zero-order chi connectivity index (χ0) is 16.6. The molecule has 8 heteroatoms. The highest BCUT2D eigenvalue weighted by Crippen LogP contribution is 2.60. The van der Waals surface area contributed by atoms with E-state index in [-0.39, 0.29) is 13.2 Å². The van der Waals surface area contributed by atoms with Crippen LogP contribution < -0.4 is 0 Å². The molecule has 0 atom stereocenters. The van der Waals surface area contributed by atoms with Gasteiger partial charge in [0.25, 0.3) is 5.28 Å². The first-order valence-electron chi connectivity index (χ1n) is 6.96. The SMILES string of the molecule is CCOOP(=O)(OOCC)C(C)(C)/[N+]([O-])=C/c1ccccc1. The Morgan fingerprint density at radius 3 is 2.09 bits per heavy atom. The standard InChI is InChI=1S/C14H22NO6P/c1-5-18-20-22(17,21-19-6-2)14(3,4)15(16)12-13-10-8-7-9-11-13/h7-12H,5-6H2,1-4H3/b15-12-. The van der Waals surface area contributed by atoms with Crippen molar-refractivity contribution in [1.29, 1.82) is 0 Å². The van der Waals surface area contributed by atoms with Crippen LogP contribution in [-0.4, -0.2) is 29.4 Å². The maximum Gasteiger partial charge on any atom is 0.454 e. The molecule has 0 spiro atoms. The molecule has 0 saturated carbocycles. The predicted octanol–water partition coefficient (Wildman–Crippen LogP) is 3.48. The molecule has 1 aromatic rings. The van der Waals surface area contributed by atoms with Crippen LogP contribution in [0.3, 0.4) is 0 Å². The van der Waals surface area contributed by atoms with Crippen LogP contribution in [0.2, 0.25) is 0 Å². The van der Waals surface area contributed by atoms with E-state index in [1.54, 1.807) is 38.1 Å². The molecule has 0 heterocycles. The molecule has 1 rings (SSSR count). The second-order valence-electron chi connectivity index (χ2n) is 4.82. The van der Waals surface area contributed by atoms with Gasteiger partial charge in [-0.25, -0.2) is 14.3 Å². The average molecular weight is 331 g/mol. The summed E-state index contributed by atoms with van der Waals surface area (Å²) in [6, 6.07) is 8.91. The fraction of sp³-hybridized carbons (Fsp3) is 0.500. The number of benzene rings is 1. The van der Waals surface area contributed by atoms with E-state index in [0.717, 1.165) is 0 Å². The third-order valence-electron chi connectivity index (χ3n) is 2.81. The fourth-order valence-corrected chi connectivity index (χ4v) is 2.57. The van der Waals surface area contributed by atoms with Crippen LogP contribution in [0.5, 0.6) is 0 Å². The minimum atomic E-state index is -4.01. The Morgan fingerprint density at radius 2 is 1.64 bits per heavy atom. The molecule has 0 aliphatic heterocycles. The number of hydrogen-bond donors (Lipinski definition) is 0. The third-order valence-corrected chi connectivity index (χ3v) is 4.95. The topological polar surface area (TPSA) is 80.1 Å². The molecule has 0 aromatic heterocycles. The zero-order valence-corrected chi connectivity index (χ0v) is 14.1. The normalized spacial score (nSPS) is 13.4. The summed E-state index contributed by atoms with van der Waals surface area (Å²) in [7, 11) is -4.01. The molecule has 0 radical (unpaired) electrons. The summed E-state index contributed by atoms with van der Waals surface area (Å²) < 4.78 is 23.0. The molecule has 0 amide bonds. The van der Waals surface area contributed by atoms with Crippen molar-refractivity contribution in [2.45, 2.75) is 33.0 Å². The summed E-state index contributed by atoms with van der Waals surface area (Å²) in [4.78, 5) is 9.47. The molecule has 0 bridgehead atoms. The van der Waals surface area contributed by atoms with Gasteiger partial charge in [0.1, 0.15) is 0 Å². The molecule has 7 nitrogen and oxygen atoms in total. The lowest BCUT2D eigenvalue weighted by molar-refractivity contribution is -0.515. The Balaban J connectivity index is 3.08. The fourth-order valence-electron chi connectivity index (χ4n) is 1.39. The van der Waals surface area contributed by atoms with E-state index in [9.17, 15) is 9.77 Å². The van der Waals surface area contributed by atoms with Crippen LogP contribution in [0.1, 0.15) is 33.3 Å². The van der Waals surface area contributed by atoms with E-state index in [2.05, 4.69) is 0 Å². The van der Waals surface area contributed by atoms with E-state index in [4.69, 9.17) is 19.1 Å². The van der Waals surface area contributed by atoms with Crippen molar-refractivity contribution in [1.82, 2.24) is 0 Å². The van der Waals surface area contributed by atoms with Crippen molar-refractivity contribution in [3.05, 3.63) is 41.1 Å². The zero-order valence-electron chi connectivity index (χ0n) is 13.2. The Labute approximate surface area is 130 Å². The average Bonchev–Trinajstić information content (AvgIpc) is 2.51. The number of nitrogens with zero attached hydrogens (tertiary/aromatic N) is 1. The maximum absolute atomic E-state index is 12.8. The maximum atomic E-state index is 12.8. The summed E-state index contributed by atoms with van der Waals surface area (Å²) in [5, 5.41) is 10.9. The summed E-state index contributed by atoms with van der Waals surface area (Å²) in [5.74, 6) is 0. The minimum Gasteiger partial charge on any atom is -0.623 e. The number of hydroxylamine groups is 1. The highest BCUT2D eigenvalue weighted by molar-refractivity contribution is 7.55. The van der Waals surface area contributed by atoms with Crippen molar-refractivity contribution in [2.75, 3.05) is 13.2 Å². The molecule has 124 valence electrons. The van der Waals surface area contributed by atoms with Gasteiger partial charge in [-0.2, -0.15) is 4.74 Å². The Morgan fingerprint density at radius 1 is 1.14 bits per heavy atom. The van der Waals surface area contributed by atoms with Crippen molar-refractivity contribution < 1.29 is 28.4 Å². The quantitative estimate of drug-likeness (QED) is 0.172. The van der Waals surface area contributed by atoms with Crippen LogP contribution >= 0.6 is 7.60 Å². The lowest BCUT2D eigenvalue weighted by Gasteiger charge is -2.28. The Bertz CT molecular complexity index is 519. The first-order valence-corrected chi connectivity index (χ1v) is 8.50. The Kier molecular flexibility index (Phi) is 7.19. The minimum absolute atomic E-state index is 0.150. The van der Waals surface area contributed by atoms with Gasteiger partial charge >= 0.3 is 7.60 Å². The lowest BCUT2D eigenvalue weighted by atomic mass is 10.2. The van der Waals surface area contributed by atoms with Crippen molar-refractivity contribution in [3.63, 3.8) is 0 Å². The van der Waals surface area contributed by atoms with Gasteiger partial charge in [0, 0.05) is 19.4 Å². The molecule has 22 heavy (non-hydrogen) atoms. The molecular weight excluding hydrogens is 309 g/mol. The van der Waals surface area contributed by atoms with Gasteiger partial charge in [0.15, 0.2) is 6.21 Å². The monoisotopic (exact) mass is 331 g/mol. The van der Waals surface area contributed by atoms with Gasteiger partial charge in [-0.1, -0.05) is 18.2 Å². The molecular formula is C14H22NO6P. The van der Waals surface area contributed by atoms with Crippen molar-refractivity contribution in [2.24, 2.45) is 0 Å². The molecule has 0 fully saturated rings. The summed E-state index contributed by atoms with van der Waals surface area (Å²) >= 11 is 0. The van der Waals surface area contributed by atoms with Gasteiger partial charge in [0.05, 0.1) is 13.2 Å². The lowest BCUT2D eigenvalue weighted by Crippen LogP contribution is -2.35. The molecule has 0 unspecified atom stereocenters. The molecule has 1 aromatic carbocycles. The van der Waals surface area contributed by atoms with E-state index in [1.165, 1.54) is 20.1 Å². The van der Waals surface area contributed by atoms with Crippen LogP contribution in [0.15, 0.2) is 30.3 Å². The summed E-state index contributed by atoms with van der Waals surface area (Å²) in [5.41, 5.74) is 0.657. The molecule has 0 saturated heterocycles. The van der Waals surface area contributed by atoms with E-state index >= 15 is 0 Å². The first kappa shape index (κ1) is 18.8. The second-order valence-corrected chi connectivity index (χ2v) is 7.21. The van der Waals surface area contributed by atoms with E-state index < -0.39 is 12.9 Å². The highest BCUT2D eigenvalue weighted by Gasteiger charge is 2.54. The first-order chi connectivity index (χ1) is 10.4. The van der Waals surface area contributed by atoms with Crippen molar-refractivity contribution >= 4 is 13.8 Å². The van der Waals surface area contributed by atoms with Crippen LogP contribution in [0.4, 0.5) is 0 Å². The van der Waals surface area contributed by atoms with Gasteiger partial charge in [-0.15, -0.1) is 9.35 Å². The molecule has 0 N–H and O–H groups in total. The van der Waals surface area contributed by atoms with Gasteiger partial charge in [-0.05, 0) is 26.0 Å². The van der Waals surface area contributed by atoms with E-state index in [1.807, 2.05) is 6.07 Å². The van der Waals surface area contributed by atoms with E-state index in [0.29, 0.717) is 10.3 Å². The third kappa shape index (κ3) is 4.63. The second kappa shape index (κ2) is 8.41. The van der Waals surface area contributed by atoms with Crippen LogP contribution in [-0.2, 0) is 23.7 Å². The molecule has 0 aliphatic carbocycles. The highest BCUT2D eigenvalue weighted by atomic mass is 31.2. The summed E-state index contributed by atoms with van der Waals surface area (Å²) in [6.07, 6.45) is 1.30. The van der Waals surface area contributed by atoms with Gasteiger partial charge in [-0.3, -0.25) is 0 Å². The van der Waals surface area contributed by atoms with Gasteiger partial charge in [0.2, 0.25) is 0 Å². The van der Waals surface area contributed by atoms with Crippen molar-refractivity contribution in [3.8, 4) is 0 Å². The van der Waals surface area contributed by atoms with Crippen LogP contribution in [0.25, 0.3) is 0 Å². The van der Waals surface area contributed by atoms with Gasteiger partial charge < -0.3 is 5.21 Å². The smallest absolute Gasteiger partial charge is 0.454 e. The predicted molar refractivity (Wildman–Crippen MR) is 82.3 cm³/mol. The summed E-state index contributed by atoms with van der Waals surface area (Å²) in [6.45, 7) is 6.47. The number of hydrogen-bond acceptors (Lipinski definition) is 6. The largest absolute Gasteiger partial charge is 0.623 e. The Hall–Kier alpha value is -1.24. The number of rotatable bonds is 9. The van der Waals surface area contributed by atoms with Crippen LogP contribution in [0, 0.1) is 5.21 Å².